The maximum atomic E-state index is 13.6. The number of hydrogen-bond donors (Lipinski definition) is 2. The van der Waals surface area contributed by atoms with Crippen molar-refractivity contribution in [3.8, 4) is 0 Å². The molecule has 1 saturated heterocycles. The lowest BCUT2D eigenvalue weighted by Gasteiger charge is -2.39. The largest absolute Gasteiger partial charge is 0.381 e. The fourth-order valence-electron chi connectivity index (χ4n) is 3.79. The topological polar surface area (TPSA) is 47.6 Å². The zero-order valence-electron chi connectivity index (χ0n) is 15.5. The first-order valence-corrected chi connectivity index (χ1v) is 9.68. The molecule has 2 N–H and O–H groups in total. The first kappa shape index (κ1) is 19.8. The molecule has 0 saturated carbocycles. The van der Waals surface area contributed by atoms with Gasteiger partial charge in [0, 0.05) is 31.7 Å². The first-order valence-electron chi connectivity index (χ1n) is 9.31. The van der Waals surface area contributed by atoms with Gasteiger partial charge in [0.1, 0.15) is 5.82 Å². The van der Waals surface area contributed by atoms with E-state index in [4.69, 9.17) is 11.6 Å². The van der Waals surface area contributed by atoms with Crippen molar-refractivity contribution in [1.82, 2.24) is 4.90 Å². The molecule has 0 aliphatic carbocycles. The van der Waals surface area contributed by atoms with Gasteiger partial charge in [-0.1, -0.05) is 23.7 Å². The Hall–Kier alpha value is -2.45. The normalized spacial score (nSPS) is 20.8. The van der Waals surface area contributed by atoms with Gasteiger partial charge in [-0.25, -0.2) is 18.0 Å². The Kier molecular flexibility index (Phi) is 5.31. The molecule has 2 aromatic carbocycles. The van der Waals surface area contributed by atoms with Gasteiger partial charge in [0.15, 0.2) is 0 Å². The first-order chi connectivity index (χ1) is 13.8. The van der Waals surface area contributed by atoms with Crippen LogP contribution in [-0.4, -0.2) is 49.1 Å². The van der Waals surface area contributed by atoms with Crippen LogP contribution in [0.1, 0.15) is 6.42 Å². The minimum atomic E-state index is -2.70. The molecule has 1 fully saturated rings. The molecular weight excluding hydrogens is 405 g/mol. The molecule has 0 spiro atoms. The minimum Gasteiger partial charge on any atom is -0.381 e. The summed E-state index contributed by atoms with van der Waals surface area (Å²) in [5, 5.41) is 5.90. The number of para-hydroxylation sites is 2. The summed E-state index contributed by atoms with van der Waals surface area (Å²) >= 11 is 5.81. The molecule has 2 heterocycles. The monoisotopic (exact) mass is 424 g/mol. The molecule has 9 heteroatoms. The summed E-state index contributed by atoms with van der Waals surface area (Å²) in [6.45, 7) is 0.716. The Morgan fingerprint density at radius 1 is 1.28 bits per heavy atom. The van der Waals surface area contributed by atoms with E-state index in [-0.39, 0.29) is 30.6 Å². The summed E-state index contributed by atoms with van der Waals surface area (Å²) in [6.07, 6.45) is -0.177. The maximum Gasteiger partial charge on any atom is 0.326 e. The van der Waals surface area contributed by atoms with E-state index in [9.17, 15) is 18.0 Å². The predicted octanol–water partition coefficient (Wildman–Crippen LogP) is 4.65. The van der Waals surface area contributed by atoms with Crippen LogP contribution in [0.2, 0.25) is 5.02 Å². The SMILES string of the molecule is O=C(Nc1ccc(F)c(Cl)c1)N1c2ccccc2NCC1CN1CCC(F)(F)C1. The molecule has 2 aromatic rings. The van der Waals surface area contributed by atoms with E-state index < -0.39 is 17.8 Å². The third kappa shape index (κ3) is 4.28. The minimum absolute atomic E-state index is 0.0978. The van der Waals surface area contributed by atoms with Crippen LogP contribution >= 0.6 is 11.6 Å². The highest BCUT2D eigenvalue weighted by Crippen LogP contribution is 2.34. The van der Waals surface area contributed by atoms with E-state index in [2.05, 4.69) is 10.6 Å². The highest BCUT2D eigenvalue weighted by Gasteiger charge is 2.40. The number of hydrogen-bond acceptors (Lipinski definition) is 3. The molecule has 4 rings (SSSR count). The number of anilines is 3. The number of fused-ring (bicyclic) bond motifs is 1. The summed E-state index contributed by atoms with van der Waals surface area (Å²) < 4.78 is 40.6. The zero-order valence-corrected chi connectivity index (χ0v) is 16.2. The van der Waals surface area contributed by atoms with E-state index >= 15 is 0 Å². The lowest BCUT2D eigenvalue weighted by molar-refractivity contribution is 0.0119. The molecular formula is C20H20ClF3N4O. The average Bonchev–Trinajstić information content (AvgIpc) is 3.02. The molecule has 2 aliphatic rings. The summed E-state index contributed by atoms with van der Waals surface area (Å²) in [6, 6.07) is 10.4. The number of amides is 2. The third-order valence-corrected chi connectivity index (χ3v) is 5.45. The van der Waals surface area contributed by atoms with Crippen LogP contribution < -0.4 is 15.5 Å². The highest BCUT2D eigenvalue weighted by molar-refractivity contribution is 6.31. The number of alkyl halides is 2. The Morgan fingerprint density at radius 2 is 2.07 bits per heavy atom. The quantitative estimate of drug-likeness (QED) is 0.753. The van der Waals surface area contributed by atoms with Gasteiger partial charge in [-0.3, -0.25) is 9.80 Å². The lowest BCUT2D eigenvalue weighted by atomic mass is 10.1. The van der Waals surface area contributed by atoms with Crippen molar-refractivity contribution >= 4 is 34.7 Å². The van der Waals surface area contributed by atoms with Gasteiger partial charge in [0.05, 0.1) is 29.0 Å². The van der Waals surface area contributed by atoms with Crippen LogP contribution in [-0.2, 0) is 0 Å². The van der Waals surface area contributed by atoms with Crippen molar-refractivity contribution in [2.75, 3.05) is 41.7 Å². The molecule has 5 nitrogen and oxygen atoms in total. The van der Waals surface area contributed by atoms with Crippen LogP contribution in [0.4, 0.5) is 35.0 Å². The fraction of sp³-hybridized carbons (Fsp3) is 0.350. The number of likely N-dealkylation sites (tertiary alicyclic amines) is 1. The van der Waals surface area contributed by atoms with E-state index in [0.717, 1.165) is 5.69 Å². The molecule has 1 atom stereocenters. The molecule has 1 unspecified atom stereocenters. The predicted molar refractivity (Wildman–Crippen MR) is 108 cm³/mol. The second-order valence-corrected chi connectivity index (χ2v) is 7.73. The van der Waals surface area contributed by atoms with E-state index in [0.29, 0.717) is 24.5 Å². The van der Waals surface area contributed by atoms with Crippen LogP contribution in [0.25, 0.3) is 0 Å². The molecule has 0 bridgehead atoms. The molecule has 0 radical (unpaired) electrons. The molecule has 154 valence electrons. The smallest absolute Gasteiger partial charge is 0.326 e. The molecule has 2 aliphatic heterocycles. The highest BCUT2D eigenvalue weighted by atomic mass is 35.5. The molecule has 29 heavy (non-hydrogen) atoms. The van der Waals surface area contributed by atoms with Crippen LogP contribution in [0.15, 0.2) is 42.5 Å². The van der Waals surface area contributed by atoms with Crippen LogP contribution in [0.3, 0.4) is 0 Å². The van der Waals surface area contributed by atoms with Crippen molar-refractivity contribution in [2.24, 2.45) is 0 Å². The number of benzene rings is 2. The molecule has 2 amide bonds. The van der Waals surface area contributed by atoms with Gasteiger partial charge < -0.3 is 10.6 Å². The van der Waals surface area contributed by atoms with Gasteiger partial charge in [0.2, 0.25) is 0 Å². The van der Waals surface area contributed by atoms with Crippen molar-refractivity contribution < 1.29 is 18.0 Å². The van der Waals surface area contributed by atoms with Gasteiger partial charge in [0.25, 0.3) is 5.92 Å². The Bertz CT molecular complexity index is 926. The Labute approximate surface area is 171 Å². The number of urea groups is 1. The van der Waals surface area contributed by atoms with E-state index in [1.807, 2.05) is 18.2 Å². The second kappa shape index (κ2) is 7.76. The number of carbonyl (C=O) groups excluding carboxylic acids is 1. The van der Waals surface area contributed by atoms with E-state index in [1.165, 1.54) is 18.2 Å². The number of carbonyl (C=O) groups is 1. The number of halogens is 4. The molecule has 0 aromatic heterocycles. The standard InChI is InChI=1S/C20H20ClF3N4O/c21-15-9-13(5-6-16(15)22)26-19(29)28-14(11-27-8-7-20(23,24)12-27)10-25-17-3-1-2-4-18(17)28/h1-6,9,14,25H,7-8,10-12H2,(H,26,29). The van der Waals surface area contributed by atoms with Gasteiger partial charge >= 0.3 is 6.03 Å². The van der Waals surface area contributed by atoms with Crippen LogP contribution in [0.5, 0.6) is 0 Å². The maximum absolute atomic E-state index is 13.6. The van der Waals surface area contributed by atoms with E-state index in [1.54, 1.807) is 15.9 Å². The Morgan fingerprint density at radius 3 is 2.79 bits per heavy atom. The summed E-state index contributed by atoms with van der Waals surface area (Å²) in [5.74, 6) is -3.28. The van der Waals surface area contributed by atoms with Crippen molar-refractivity contribution in [3.05, 3.63) is 53.3 Å². The summed E-state index contributed by atoms with van der Waals surface area (Å²) in [7, 11) is 0. The van der Waals surface area contributed by atoms with Crippen molar-refractivity contribution in [3.63, 3.8) is 0 Å². The number of nitrogens with one attached hydrogen (secondary N) is 2. The summed E-state index contributed by atoms with van der Waals surface area (Å²) in [4.78, 5) is 16.4. The van der Waals surface area contributed by atoms with Crippen LogP contribution in [0, 0.1) is 5.82 Å². The Balaban J connectivity index is 1.58. The zero-order chi connectivity index (χ0) is 20.6. The lowest BCUT2D eigenvalue weighted by Crippen LogP contribution is -2.54. The van der Waals surface area contributed by atoms with Gasteiger partial charge in [-0.05, 0) is 30.3 Å². The number of rotatable bonds is 3. The summed E-state index contributed by atoms with van der Waals surface area (Å²) in [5.41, 5.74) is 1.78. The number of nitrogens with zero attached hydrogens (tertiary/aromatic N) is 2. The third-order valence-electron chi connectivity index (χ3n) is 5.16. The van der Waals surface area contributed by atoms with Crippen molar-refractivity contribution in [1.29, 1.82) is 0 Å². The average molecular weight is 425 g/mol. The van der Waals surface area contributed by atoms with Gasteiger partial charge in [-0.15, -0.1) is 0 Å². The van der Waals surface area contributed by atoms with Crippen molar-refractivity contribution in [2.45, 2.75) is 18.4 Å². The second-order valence-electron chi connectivity index (χ2n) is 7.32. The fourth-order valence-corrected chi connectivity index (χ4v) is 3.97. The van der Waals surface area contributed by atoms with Gasteiger partial charge in [-0.2, -0.15) is 0 Å².